The molecular formula is C21H24N4O2S2. The fourth-order valence-electron chi connectivity index (χ4n) is 2.78. The number of anilines is 1. The molecule has 0 fully saturated rings. The third kappa shape index (κ3) is 5.88. The Morgan fingerprint density at radius 1 is 1.24 bits per heavy atom. The van der Waals surface area contributed by atoms with Crippen LogP contribution in [-0.4, -0.2) is 27.5 Å². The van der Waals surface area contributed by atoms with Crippen molar-refractivity contribution in [1.29, 1.82) is 0 Å². The molecule has 152 valence electrons. The highest BCUT2D eigenvalue weighted by molar-refractivity contribution is 7.80. The topological polar surface area (TPSA) is 68.2 Å². The number of rotatable bonds is 8. The van der Waals surface area contributed by atoms with Gasteiger partial charge in [-0.15, -0.1) is 11.3 Å². The maximum atomic E-state index is 12.4. The van der Waals surface area contributed by atoms with Crippen LogP contribution < -0.4 is 10.6 Å². The Morgan fingerprint density at radius 3 is 2.72 bits per heavy atom. The first-order valence-corrected chi connectivity index (χ1v) is 10.7. The van der Waals surface area contributed by atoms with Crippen molar-refractivity contribution in [3.05, 3.63) is 70.4 Å². The molecule has 0 spiro atoms. The van der Waals surface area contributed by atoms with Gasteiger partial charge in [-0.2, -0.15) is 5.10 Å². The van der Waals surface area contributed by atoms with E-state index in [1.54, 1.807) is 6.92 Å². The molecule has 6 nitrogen and oxygen atoms in total. The summed E-state index contributed by atoms with van der Waals surface area (Å²) in [4.78, 5) is 13.5. The Labute approximate surface area is 179 Å². The van der Waals surface area contributed by atoms with Gasteiger partial charge in [-0.05, 0) is 37.7 Å². The van der Waals surface area contributed by atoms with Crippen molar-refractivity contribution in [1.82, 2.24) is 15.1 Å². The van der Waals surface area contributed by atoms with Crippen LogP contribution in [0.2, 0.25) is 0 Å². The van der Waals surface area contributed by atoms with Gasteiger partial charge in [0.25, 0.3) is 0 Å². The number of carbonyl (C=O) groups excluding carboxylic acids is 1. The number of ether oxygens (including phenoxy) is 1. The molecule has 29 heavy (non-hydrogen) atoms. The van der Waals surface area contributed by atoms with Crippen LogP contribution >= 0.6 is 23.6 Å². The minimum absolute atomic E-state index is 0.326. The molecule has 2 aromatic heterocycles. The maximum absolute atomic E-state index is 12.4. The molecular weight excluding hydrogens is 404 g/mol. The van der Waals surface area contributed by atoms with E-state index in [-0.39, 0.29) is 5.97 Å². The molecule has 3 aromatic rings. The predicted octanol–water partition coefficient (Wildman–Crippen LogP) is 4.22. The number of aromatic nitrogens is 2. The molecule has 2 N–H and O–H groups in total. The minimum atomic E-state index is -0.349. The third-order valence-corrected chi connectivity index (χ3v) is 5.49. The molecule has 0 saturated heterocycles. The van der Waals surface area contributed by atoms with Crippen LogP contribution in [0.15, 0.2) is 48.8 Å². The Hall–Kier alpha value is -2.71. The molecule has 0 amide bonds. The molecule has 3 rings (SSSR count). The molecule has 0 atom stereocenters. The Kier molecular flexibility index (Phi) is 7.37. The van der Waals surface area contributed by atoms with Crippen molar-refractivity contribution in [3.8, 4) is 0 Å². The summed E-state index contributed by atoms with van der Waals surface area (Å²) in [5.41, 5.74) is 2.73. The van der Waals surface area contributed by atoms with Gasteiger partial charge < -0.3 is 15.4 Å². The first-order valence-electron chi connectivity index (χ1n) is 9.49. The number of hydrogen-bond donors (Lipinski definition) is 2. The Balaban J connectivity index is 1.69. The fraction of sp³-hybridized carbons (Fsp3) is 0.286. The van der Waals surface area contributed by atoms with Crippen LogP contribution in [0, 0.1) is 0 Å². The second-order valence-electron chi connectivity index (χ2n) is 6.35. The van der Waals surface area contributed by atoms with E-state index in [9.17, 15) is 4.79 Å². The normalized spacial score (nSPS) is 10.6. The zero-order valence-electron chi connectivity index (χ0n) is 16.5. The molecule has 0 unspecified atom stereocenters. The lowest BCUT2D eigenvalue weighted by molar-refractivity contribution is 0.0528. The quantitative estimate of drug-likeness (QED) is 0.414. The van der Waals surface area contributed by atoms with Crippen LogP contribution in [0.5, 0.6) is 0 Å². The Morgan fingerprint density at radius 2 is 2.03 bits per heavy atom. The zero-order chi connectivity index (χ0) is 20.6. The molecule has 0 aliphatic heterocycles. The second kappa shape index (κ2) is 10.2. The molecule has 2 heterocycles. The van der Waals surface area contributed by atoms with E-state index in [1.807, 2.05) is 48.3 Å². The molecule has 0 aliphatic rings. The van der Waals surface area contributed by atoms with Crippen molar-refractivity contribution in [2.45, 2.75) is 33.4 Å². The Bertz CT molecular complexity index is 966. The summed E-state index contributed by atoms with van der Waals surface area (Å²) in [5, 5.41) is 11.7. The summed E-state index contributed by atoms with van der Waals surface area (Å²) in [6, 6.07) is 12.0. The molecule has 0 radical (unpaired) electrons. The molecule has 0 saturated carbocycles. The van der Waals surface area contributed by atoms with E-state index in [0.29, 0.717) is 28.8 Å². The number of carbonyl (C=O) groups is 1. The lowest BCUT2D eigenvalue weighted by atomic mass is 10.1. The minimum Gasteiger partial charge on any atom is -0.462 e. The maximum Gasteiger partial charge on any atom is 0.341 e. The van der Waals surface area contributed by atoms with E-state index < -0.39 is 0 Å². The lowest BCUT2D eigenvalue weighted by Gasteiger charge is -2.09. The number of thiophene rings is 1. The number of nitrogens with zero attached hydrogens (tertiary/aromatic N) is 2. The van der Waals surface area contributed by atoms with Gasteiger partial charge >= 0.3 is 5.97 Å². The largest absolute Gasteiger partial charge is 0.462 e. The first kappa shape index (κ1) is 21.0. The van der Waals surface area contributed by atoms with E-state index in [4.69, 9.17) is 17.0 Å². The van der Waals surface area contributed by atoms with E-state index in [0.717, 1.165) is 23.4 Å². The fourth-order valence-corrected chi connectivity index (χ4v) is 4.10. The van der Waals surface area contributed by atoms with Gasteiger partial charge in [0.15, 0.2) is 5.11 Å². The van der Waals surface area contributed by atoms with Crippen LogP contribution in [0.3, 0.4) is 0 Å². The average Bonchev–Trinajstić information content (AvgIpc) is 3.34. The van der Waals surface area contributed by atoms with Gasteiger partial charge in [-0.3, -0.25) is 4.68 Å². The summed E-state index contributed by atoms with van der Waals surface area (Å²) in [5.74, 6) is -0.349. The zero-order valence-corrected chi connectivity index (χ0v) is 18.1. The van der Waals surface area contributed by atoms with Gasteiger partial charge in [0, 0.05) is 36.1 Å². The van der Waals surface area contributed by atoms with Crippen LogP contribution in [0.25, 0.3) is 0 Å². The van der Waals surface area contributed by atoms with Crippen molar-refractivity contribution >= 4 is 39.6 Å². The van der Waals surface area contributed by atoms with Gasteiger partial charge in [-0.1, -0.05) is 30.3 Å². The van der Waals surface area contributed by atoms with E-state index in [1.165, 1.54) is 16.9 Å². The van der Waals surface area contributed by atoms with E-state index >= 15 is 0 Å². The summed E-state index contributed by atoms with van der Waals surface area (Å²) in [7, 11) is 0. The van der Waals surface area contributed by atoms with Gasteiger partial charge in [0.2, 0.25) is 0 Å². The van der Waals surface area contributed by atoms with Crippen LogP contribution in [-0.2, 0) is 24.2 Å². The number of hydrogen-bond acceptors (Lipinski definition) is 5. The molecule has 1 aromatic carbocycles. The van der Waals surface area contributed by atoms with E-state index in [2.05, 4.69) is 27.9 Å². The van der Waals surface area contributed by atoms with Crippen molar-refractivity contribution < 1.29 is 9.53 Å². The highest BCUT2D eigenvalue weighted by Gasteiger charge is 2.18. The number of esters is 1. The van der Waals surface area contributed by atoms with Crippen molar-refractivity contribution in [2.75, 3.05) is 11.9 Å². The highest BCUT2D eigenvalue weighted by Crippen LogP contribution is 2.30. The lowest BCUT2D eigenvalue weighted by Crippen LogP contribution is -2.28. The number of aryl methyl sites for hydroxylation is 1. The van der Waals surface area contributed by atoms with Crippen LogP contribution in [0.4, 0.5) is 5.00 Å². The first-order chi connectivity index (χ1) is 14.1. The SMILES string of the molecule is CCOC(=O)c1cc(Cc2ccccc2)sc1NC(=S)NCc1cnn(CC)c1. The number of benzene rings is 1. The molecule has 0 bridgehead atoms. The number of thiocarbonyl (C=S) groups is 1. The van der Waals surface area contributed by atoms with Gasteiger partial charge in [-0.25, -0.2) is 4.79 Å². The van der Waals surface area contributed by atoms with Gasteiger partial charge in [0.1, 0.15) is 5.00 Å². The predicted molar refractivity (Wildman–Crippen MR) is 120 cm³/mol. The highest BCUT2D eigenvalue weighted by atomic mass is 32.1. The second-order valence-corrected chi connectivity index (χ2v) is 7.90. The van der Waals surface area contributed by atoms with Gasteiger partial charge in [0.05, 0.1) is 18.4 Å². The smallest absolute Gasteiger partial charge is 0.341 e. The summed E-state index contributed by atoms with van der Waals surface area (Å²) in [6.07, 6.45) is 4.53. The third-order valence-electron chi connectivity index (χ3n) is 4.19. The van der Waals surface area contributed by atoms with Crippen molar-refractivity contribution in [2.24, 2.45) is 0 Å². The monoisotopic (exact) mass is 428 g/mol. The molecule has 0 aliphatic carbocycles. The summed E-state index contributed by atoms with van der Waals surface area (Å²) < 4.78 is 7.07. The summed E-state index contributed by atoms with van der Waals surface area (Å²) >= 11 is 6.94. The molecule has 8 heteroatoms. The average molecular weight is 429 g/mol. The number of nitrogens with one attached hydrogen (secondary N) is 2. The van der Waals surface area contributed by atoms with Crippen LogP contribution in [0.1, 0.15) is 40.2 Å². The summed E-state index contributed by atoms with van der Waals surface area (Å²) in [6.45, 7) is 5.54. The van der Waals surface area contributed by atoms with Crippen molar-refractivity contribution in [3.63, 3.8) is 0 Å². The standard InChI is InChI=1S/C21H24N4O2S2/c1-3-25-14-16(13-23-25)12-22-21(28)24-19-18(20(26)27-4-2)11-17(29-19)10-15-8-6-5-7-9-15/h5-9,11,13-14H,3-4,10,12H2,1-2H3,(H2,22,24,28).